The molecule has 9 heteroatoms. The van der Waals surface area contributed by atoms with Gasteiger partial charge < -0.3 is 0 Å². The SMILES string of the molecule is CC(C)C1Sc2nnc(-c3n[nH]c4c3CCC4)n2N=C1c1ccc(Cl)c(Cl)c1. The minimum absolute atomic E-state index is 0.145. The lowest BCUT2D eigenvalue weighted by Gasteiger charge is -2.26. The van der Waals surface area contributed by atoms with Gasteiger partial charge in [0.15, 0.2) is 0 Å². The molecule has 1 N–H and O–H groups in total. The fourth-order valence-corrected chi connectivity index (χ4v) is 5.15. The van der Waals surface area contributed by atoms with E-state index in [9.17, 15) is 0 Å². The van der Waals surface area contributed by atoms with Crippen LogP contribution in [0.15, 0.2) is 28.5 Å². The highest BCUT2D eigenvalue weighted by molar-refractivity contribution is 8.00. The highest BCUT2D eigenvalue weighted by Crippen LogP contribution is 2.38. The Morgan fingerprint density at radius 1 is 1.18 bits per heavy atom. The van der Waals surface area contributed by atoms with E-state index in [0.717, 1.165) is 41.4 Å². The summed E-state index contributed by atoms with van der Waals surface area (Å²) in [5.41, 5.74) is 5.19. The first-order valence-electron chi connectivity index (χ1n) is 9.25. The molecular formula is C19H18Cl2N6S. The molecular weight excluding hydrogens is 415 g/mol. The summed E-state index contributed by atoms with van der Waals surface area (Å²) in [6, 6.07) is 5.65. The second-order valence-electron chi connectivity index (χ2n) is 7.40. The van der Waals surface area contributed by atoms with Crippen LogP contribution in [0.1, 0.15) is 37.1 Å². The summed E-state index contributed by atoms with van der Waals surface area (Å²) in [4.78, 5) is 0. The molecule has 3 aromatic rings. The van der Waals surface area contributed by atoms with Gasteiger partial charge in [0, 0.05) is 16.8 Å². The normalized spacial score (nSPS) is 18.3. The Morgan fingerprint density at radius 2 is 2.04 bits per heavy atom. The minimum atomic E-state index is 0.145. The van der Waals surface area contributed by atoms with Crippen molar-refractivity contribution in [1.82, 2.24) is 25.1 Å². The molecule has 0 saturated heterocycles. The number of hydrogen-bond acceptors (Lipinski definition) is 5. The summed E-state index contributed by atoms with van der Waals surface area (Å²) in [6.45, 7) is 4.36. The van der Waals surface area contributed by atoms with E-state index in [2.05, 4.69) is 34.2 Å². The highest BCUT2D eigenvalue weighted by atomic mass is 35.5. The number of fused-ring (bicyclic) bond motifs is 2. The predicted molar refractivity (Wildman–Crippen MR) is 113 cm³/mol. The van der Waals surface area contributed by atoms with Gasteiger partial charge in [0.2, 0.25) is 11.0 Å². The Morgan fingerprint density at radius 3 is 2.82 bits per heavy atom. The van der Waals surface area contributed by atoms with Gasteiger partial charge in [-0.15, -0.1) is 10.2 Å². The van der Waals surface area contributed by atoms with E-state index in [-0.39, 0.29) is 5.25 Å². The molecule has 1 atom stereocenters. The topological polar surface area (TPSA) is 71.8 Å². The molecule has 5 rings (SSSR count). The van der Waals surface area contributed by atoms with Crippen molar-refractivity contribution in [3.05, 3.63) is 45.1 Å². The largest absolute Gasteiger partial charge is 0.282 e. The molecule has 28 heavy (non-hydrogen) atoms. The van der Waals surface area contributed by atoms with E-state index >= 15 is 0 Å². The number of rotatable bonds is 3. The quantitative estimate of drug-likeness (QED) is 0.641. The third-order valence-corrected chi connectivity index (χ3v) is 7.39. The van der Waals surface area contributed by atoms with Crippen molar-refractivity contribution < 1.29 is 0 Å². The van der Waals surface area contributed by atoms with Crippen LogP contribution in [0.2, 0.25) is 10.0 Å². The second kappa shape index (κ2) is 6.90. The fraction of sp³-hybridized carbons (Fsp3) is 0.368. The molecule has 1 aromatic carbocycles. The number of aromatic nitrogens is 5. The average Bonchev–Trinajstić information content (AvgIpc) is 3.38. The molecule has 6 nitrogen and oxygen atoms in total. The summed E-state index contributed by atoms with van der Waals surface area (Å²) in [7, 11) is 0. The number of aromatic amines is 1. The van der Waals surface area contributed by atoms with Crippen molar-refractivity contribution in [3.8, 4) is 11.5 Å². The number of benzene rings is 1. The van der Waals surface area contributed by atoms with Crippen LogP contribution >= 0.6 is 35.0 Å². The van der Waals surface area contributed by atoms with Crippen molar-refractivity contribution in [2.24, 2.45) is 11.0 Å². The molecule has 144 valence electrons. The maximum atomic E-state index is 6.28. The summed E-state index contributed by atoms with van der Waals surface area (Å²) < 4.78 is 1.82. The number of halogens is 2. The minimum Gasteiger partial charge on any atom is -0.282 e. The van der Waals surface area contributed by atoms with Gasteiger partial charge in [0.25, 0.3) is 0 Å². The molecule has 0 radical (unpaired) electrons. The molecule has 0 fully saturated rings. The zero-order valence-electron chi connectivity index (χ0n) is 15.4. The Bertz CT molecular complexity index is 1100. The van der Waals surface area contributed by atoms with E-state index in [1.807, 2.05) is 22.9 Å². The number of aryl methyl sites for hydroxylation is 1. The zero-order valence-corrected chi connectivity index (χ0v) is 17.7. The van der Waals surface area contributed by atoms with Crippen LogP contribution in [0.4, 0.5) is 0 Å². The van der Waals surface area contributed by atoms with Crippen molar-refractivity contribution in [2.75, 3.05) is 0 Å². The first-order chi connectivity index (χ1) is 13.5. The monoisotopic (exact) mass is 432 g/mol. The first kappa shape index (κ1) is 18.2. The van der Waals surface area contributed by atoms with Crippen molar-refractivity contribution in [1.29, 1.82) is 0 Å². The van der Waals surface area contributed by atoms with Crippen molar-refractivity contribution in [2.45, 2.75) is 43.5 Å². The molecule has 0 bridgehead atoms. The molecule has 2 aromatic heterocycles. The van der Waals surface area contributed by atoms with Gasteiger partial charge in [-0.05, 0) is 37.3 Å². The molecule has 2 aliphatic rings. The maximum Gasteiger partial charge on any atom is 0.213 e. The molecule has 0 amide bonds. The number of hydrogen-bond donors (Lipinski definition) is 1. The first-order valence-corrected chi connectivity index (χ1v) is 10.9. The lowest BCUT2D eigenvalue weighted by atomic mass is 9.99. The number of nitrogens with one attached hydrogen (secondary N) is 1. The van der Waals surface area contributed by atoms with E-state index < -0.39 is 0 Å². The summed E-state index contributed by atoms with van der Waals surface area (Å²) in [5, 5.41) is 23.4. The zero-order chi connectivity index (χ0) is 19.4. The summed E-state index contributed by atoms with van der Waals surface area (Å²) in [6.07, 6.45) is 3.18. The van der Waals surface area contributed by atoms with Crippen LogP contribution in [0.3, 0.4) is 0 Å². The van der Waals surface area contributed by atoms with Gasteiger partial charge in [-0.25, -0.2) is 0 Å². The Hall–Kier alpha value is -1.83. The highest BCUT2D eigenvalue weighted by Gasteiger charge is 2.33. The Balaban J connectivity index is 1.65. The third-order valence-electron chi connectivity index (χ3n) is 5.16. The molecule has 3 heterocycles. The van der Waals surface area contributed by atoms with Gasteiger partial charge in [-0.2, -0.15) is 14.9 Å². The van der Waals surface area contributed by atoms with E-state index in [4.69, 9.17) is 28.3 Å². The summed E-state index contributed by atoms with van der Waals surface area (Å²) in [5.74, 6) is 1.04. The smallest absolute Gasteiger partial charge is 0.213 e. The molecule has 1 aliphatic heterocycles. The van der Waals surface area contributed by atoms with Gasteiger partial charge in [0.05, 0.1) is 21.0 Å². The van der Waals surface area contributed by atoms with Gasteiger partial charge in [0.1, 0.15) is 5.69 Å². The number of H-pyrrole nitrogens is 1. The predicted octanol–water partition coefficient (Wildman–Crippen LogP) is 4.85. The Kier molecular flexibility index (Phi) is 4.49. The fourth-order valence-electron chi connectivity index (χ4n) is 3.74. The number of thioether (sulfide) groups is 1. The van der Waals surface area contributed by atoms with Crippen LogP contribution in [0.25, 0.3) is 11.5 Å². The standard InChI is InChI=1S/C19H18Cl2N6S/c1-9(2)17-15(10-6-7-12(20)13(21)8-10)26-27-18(24-25-19(27)28-17)16-11-4-3-5-14(11)22-23-16/h6-9,17H,3-5H2,1-2H3,(H,22,23). The lowest BCUT2D eigenvalue weighted by molar-refractivity contribution is 0.664. The molecule has 0 spiro atoms. The maximum absolute atomic E-state index is 6.28. The summed E-state index contributed by atoms with van der Waals surface area (Å²) >= 11 is 14.1. The van der Waals surface area contributed by atoms with Crippen molar-refractivity contribution in [3.63, 3.8) is 0 Å². The average molecular weight is 433 g/mol. The molecule has 0 saturated carbocycles. The lowest BCUT2D eigenvalue weighted by Crippen LogP contribution is -2.29. The second-order valence-corrected chi connectivity index (χ2v) is 9.32. The molecule has 1 aliphatic carbocycles. The number of nitrogens with zero attached hydrogens (tertiary/aromatic N) is 5. The Labute approximate surface area is 176 Å². The van der Waals surface area contributed by atoms with Crippen LogP contribution in [-0.2, 0) is 12.8 Å². The van der Waals surface area contributed by atoms with E-state index in [1.54, 1.807) is 11.8 Å². The van der Waals surface area contributed by atoms with E-state index in [1.165, 1.54) is 11.3 Å². The van der Waals surface area contributed by atoms with Crippen LogP contribution in [0.5, 0.6) is 0 Å². The van der Waals surface area contributed by atoms with Gasteiger partial charge in [-0.1, -0.05) is 54.9 Å². The third kappa shape index (κ3) is 2.88. The van der Waals surface area contributed by atoms with Crippen molar-refractivity contribution >= 4 is 40.7 Å². The van der Waals surface area contributed by atoms with Gasteiger partial charge in [-0.3, -0.25) is 5.10 Å². The van der Waals surface area contributed by atoms with Crippen LogP contribution in [0, 0.1) is 5.92 Å². The van der Waals surface area contributed by atoms with E-state index in [0.29, 0.717) is 21.8 Å². The van der Waals surface area contributed by atoms with Gasteiger partial charge >= 0.3 is 0 Å². The molecule has 1 unspecified atom stereocenters. The van der Waals surface area contributed by atoms with Crippen LogP contribution < -0.4 is 0 Å². The van der Waals surface area contributed by atoms with Crippen LogP contribution in [-0.4, -0.2) is 36.0 Å².